The monoisotopic (exact) mass is 392 g/mol. The lowest BCUT2D eigenvalue weighted by atomic mass is 9.95. The van der Waals surface area contributed by atoms with E-state index in [1.165, 1.54) is 0 Å². The van der Waals surface area contributed by atoms with Gasteiger partial charge in [-0.1, -0.05) is 17.7 Å². The number of thiocarbonyl (C=S) groups is 1. The first-order valence-electron chi connectivity index (χ1n) is 8.18. The number of fused-ring (bicyclic) bond motifs is 1. The molecule has 0 spiro atoms. The first-order chi connectivity index (χ1) is 12.4. The Hall–Kier alpha value is -2.02. The molecule has 0 amide bonds. The van der Waals surface area contributed by atoms with Gasteiger partial charge in [0.2, 0.25) is 0 Å². The summed E-state index contributed by atoms with van der Waals surface area (Å²) in [5.41, 5.74) is 3.44. The number of benzene rings is 2. The Bertz CT molecular complexity index is 844. The average molecular weight is 393 g/mol. The molecule has 0 radical (unpaired) electrons. The van der Waals surface area contributed by atoms with Crippen LogP contribution in [0.3, 0.4) is 0 Å². The number of β-amino-alcohol motifs (C(OH)–C–C–N with tert-alkyl or cyclic N) is 1. The van der Waals surface area contributed by atoms with E-state index in [0.29, 0.717) is 34.7 Å². The predicted octanol–water partition coefficient (Wildman–Crippen LogP) is 3.91. The van der Waals surface area contributed by atoms with Crippen molar-refractivity contribution >= 4 is 34.6 Å². The molecule has 0 saturated carbocycles. The Labute approximate surface area is 163 Å². The Morgan fingerprint density at radius 1 is 1.23 bits per heavy atom. The lowest BCUT2D eigenvalue weighted by Crippen LogP contribution is -2.41. The van der Waals surface area contributed by atoms with E-state index in [4.69, 9.17) is 33.3 Å². The molecule has 5 nitrogen and oxygen atoms in total. The maximum atomic E-state index is 10.7. The number of halogens is 1. The Morgan fingerprint density at radius 3 is 2.58 bits per heavy atom. The van der Waals surface area contributed by atoms with Crippen molar-refractivity contribution in [3.05, 3.63) is 52.0 Å². The van der Waals surface area contributed by atoms with E-state index in [0.717, 1.165) is 22.4 Å². The van der Waals surface area contributed by atoms with Crippen molar-refractivity contribution in [2.45, 2.75) is 19.6 Å². The molecule has 1 aliphatic heterocycles. The summed E-state index contributed by atoms with van der Waals surface area (Å²) in [4.78, 5) is 1.90. The molecule has 1 atom stereocenters. The summed E-state index contributed by atoms with van der Waals surface area (Å²) in [6.07, 6.45) is -0.731. The zero-order valence-corrected chi connectivity index (χ0v) is 16.4. The third-order valence-corrected chi connectivity index (χ3v) is 5.27. The first-order valence-corrected chi connectivity index (χ1v) is 8.97. The highest BCUT2D eigenvalue weighted by atomic mass is 35.5. The Morgan fingerprint density at radius 2 is 1.92 bits per heavy atom. The van der Waals surface area contributed by atoms with Crippen molar-refractivity contribution in [2.24, 2.45) is 0 Å². The quantitative estimate of drug-likeness (QED) is 0.772. The van der Waals surface area contributed by atoms with Crippen molar-refractivity contribution in [2.75, 3.05) is 26.1 Å². The van der Waals surface area contributed by atoms with Crippen molar-refractivity contribution in [3.8, 4) is 11.5 Å². The highest BCUT2D eigenvalue weighted by Crippen LogP contribution is 2.39. The van der Waals surface area contributed by atoms with Crippen LogP contribution in [0.5, 0.6) is 11.5 Å². The second-order valence-corrected chi connectivity index (χ2v) is 6.95. The predicted molar refractivity (Wildman–Crippen MR) is 107 cm³/mol. The lowest BCUT2D eigenvalue weighted by molar-refractivity contribution is 0.123. The number of aliphatic hydroxyl groups is 1. The maximum absolute atomic E-state index is 10.7. The van der Waals surface area contributed by atoms with Crippen LogP contribution in [0, 0.1) is 6.92 Å². The van der Waals surface area contributed by atoms with Crippen LogP contribution in [0.4, 0.5) is 5.69 Å². The number of rotatable bonds is 3. The maximum Gasteiger partial charge on any atom is 0.173 e. The fraction of sp³-hybridized carbons (Fsp3) is 0.316. The van der Waals surface area contributed by atoms with Crippen LogP contribution in [0.15, 0.2) is 30.3 Å². The van der Waals surface area contributed by atoms with Gasteiger partial charge in [-0.25, -0.2) is 0 Å². The molecule has 2 aromatic rings. The highest BCUT2D eigenvalue weighted by molar-refractivity contribution is 7.80. The van der Waals surface area contributed by atoms with Gasteiger partial charge in [0.15, 0.2) is 5.11 Å². The van der Waals surface area contributed by atoms with Gasteiger partial charge in [0.05, 0.1) is 20.8 Å². The van der Waals surface area contributed by atoms with Gasteiger partial charge < -0.3 is 24.8 Å². The number of nitrogens with zero attached hydrogens (tertiary/aromatic N) is 1. The molecule has 3 rings (SSSR count). The van der Waals surface area contributed by atoms with E-state index >= 15 is 0 Å². The minimum atomic E-state index is -0.731. The molecule has 26 heavy (non-hydrogen) atoms. The molecule has 1 heterocycles. The SMILES string of the molecule is COc1ccc(OC)c2c1CN(C(=S)Nc1ccc(C)c(Cl)c1)C[C@@H]2O. The molecule has 0 aliphatic carbocycles. The molecule has 0 unspecified atom stereocenters. The third kappa shape index (κ3) is 3.58. The number of hydrogen-bond acceptors (Lipinski definition) is 4. The average Bonchev–Trinajstić information content (AvgIpc) is 2.63. The van der Waals surface area contributed by atoms with Gasteiger partial charge in [-0.05, 0) is 49.0 Å². The normalized spacial score (nSPS) is 16.0. The van der Waals surface area contributed by atoms with Crippen LogP contribution in [0.25, 0.3) is 0 Å². The lowest BCUT2D eigenvalue weighted by Gasteiger charge is -2.35. The second-order valence-electron chi connectivity index (χ2n) is 6.15. The number of aliphatic hydroxyl groups excluding tert-OH is 1. The number of anilines is 1. The van der Waals surface area contributed by atoms with E-state index in [2.05, 4.69) is 5.32 Å². The van der Waals surface area contributed by atoms with Crippen LogP contribution in [-0.4, -0.2) is 35.9 Å². The molecule has 0 saturated heterocycles. The van der Waals surface area contributed by atoms with Crippen LogP contribution >= 0.6 is 23.8 Å². The number of nitrogens with one attached hydrogen (secondary N) is 1. The number of aryl methyl sites for hydroxylation is 1. The molecule has 0 fully saturated rings. The summed E-state index contributed by atoms with van der Waals surface area (Å²) >= 11 is 11.7. The van der Waals surface area contributed by atoms with Gasteiger partial charge in [0.1, 0.15) is 17.6 Å². The van der Waals surface area contributed by atoms with Gasteiger partial charge in [0.25, 0.3) is 0 Å². The van der Waals surface area contributed by atoms with Crippen LogP contribution in [0.1, 0.15) is 22.8 Å². The summed E-state index contributed by atoms with van der Waals surface area (Å²) in [7, 11) is 3.20. The van der Waals surface area contributed by atoms with Crippen LogP contribution < -0.4 is 14.8 Å². The summed E-state index contributed by atoms with van der Waals surface area (Å²) in [6, 6.07) is 9.33. The van der Waals surface area contributed by atoms with Gasteiger partial charge in [0, 0.05) is 28.4 Å². The number of methoxy groups -OCH3 is 2. The van der Waals surface area contributed by atoms with E-state index in [9.17, 15) is 5.11 Å². The second kappa shape index (κ2) is 7.70. The molecule has 0 aromatic heterocycles. The van der Waals surface area contributed by atoms with Gasteiger partial charge >= 0.3 is 0 Å². The van der Waals surface area contributed by atoms with E-state index in [1.54, 1.807) is 20.3 Å². The Kier molecular flexibility index (Phi) is 5.55. The Balaban J connectivity index is 1.85. The minimum Gasteiger partial charge on any atom is -0.496 e. The van der Waals surface area contributed by atoms with Gasteiger partial charge in [-0.2, -0.15) is 0 Å². The van der Waals surface area contributed by atoms with Crippen LogP contribution in [0.2, 0.25) is 5.02 Å². The molecule has 1 aliphatic rings. The van der Waals surface area contributed by atoms with E-state index in [-0.39, 0.29) is 0 Å². The van der Waals surface area contributed by atoms with Crippen LogP contribution in [-0.2, 0) is 6.54 Å². The largest absolute Gasteiger partial charge is 0.496 e. The highest BCUT2D eigenvalue weighted by Gasteiger charge is 2.30. The zero-order chi connectivity index (χ0) is 18.8. The fourth-order valence-electron chi connectivity index (χ4n) is 3.10. The van der Waals surface area contributed by atoms with Gasteiger partial charge in [-0.15, -0.1) is 0 Å². The molecule has 0 bridgehead atoms. The summed E-state index contributed by atoms with van der Waals surface area (Å²) < 4.78 is 10.9. The summed E-state index contributed by atoms with van der Waals surface area (Å²) in [5, 5.41) is 15.0. The molecule has 138 valence electrons. The smallest absolute Gasteiger partial charge is 0.173 e. The fourth-order valence-corrected chi connectivity index (χ4v) is 3.54. The van der Waals surface area contributed by atoms with E-state index < -0.39 is 6.10 Å². The van der Waals surface area contributed by atoms with Crippen molar-refractivity contribution in [1.29, 1.82) is 0 Å². The summed E-state index contributed by atoms with van der Waals surface area (Å²) in [6.45, 7) is 2.82. The topological polar surface area (TPSA) is 54.0 Å². The van der Waals surface area contributed by atoms with E-state index in [1.807, 2.05) is 36.1 Å². The first kappa shape index (κ1) is 18.8. The molecular formula is C19H21ClN2O3S. The zero-order valence-electron chi connectivity index (χ0n) is 14.9. The van der Waals surface area contributed by atoms with Crippen molar-refractivity contribution < 1.29 is 14.6 Å². The van der Waals surface area contributed by atoms with Crippen molar-refractivity contribution in [3.63, 3.8) is 0 Å². The number of hydrogen-bond donors (Lipinski definition) is 2. The minimum absolute atomic E-state index is 0.363. The molecule has 7 heteroatoms. The van der Waals surface area contributed by atoms with Crippen molar-refractivity contribution in [1.82, 2.24) is 4.90 Å². The molecular weight excluding hydrogens is 372 g/mol. The molecule has 2 aromatic carbocycles. The number of ether oxygens (including phenoxy) is 2. The standard InChI is InChI=1S/C19H21ClN2O3S/c1-11-4-5-12(8-14(11)20)21-19(26)22-9-13-16(24-2)6-7-17(25-3)18(13)15(23)10-22/h4-8,15,23H,9-10H2,1-3H3,(H,21,26)/t15-/m0/s1. The third-order valence-electron chi connectivity index (χ3n) is 4.50. The molecule has 2 N–H and O–H groups in total. The summed E-state index contributed by atoms with van der Waals surface area (Å²) in [5.74, 6) is 1.35. The van der Waals surface area contributed by atoms with Gasteiger partial charge in [-0.3, -0.25) is 0 Å².